The van der Waals surface area contributed by atoms with Crippen molar-refractivity contribution in [3.63, 3.8) is 0 Å². The van der Waals surface area contributed by atoms with Crippen molar-refractivity contribution in [1.82, 2.24) is 4.72 Å². The van der Waals surface area contributed by atoms with Crippen LogP contribution in [0.3, 0.4) is 0 Å². The average molecular weight is 334 g/mol. The van der Waals surface area contributed by atoms with Gasteiger partial charge in [-0.15, -0.1) is 0 Å². The van der Waals surface area contributed by atoms with Crippen LogP contribution in [0.4, 0.5) is 5.69 Å². The van der Waals surface area contributed by atoms with E-state index in [9.17, 15) is 23.3 Å². The number of nitrogens with zero attached hydrogens (tertiary/aromatic N) is 1. The van der Waals surface area contributed by atoms with Crippen LogP contribution < -0.4 is 4.72 Å². The van der Waals surface area contributed by atoms with Crippen LogP contribution >= 0.6 is 11.8 Å². The van der Waals surface area contributed by atoms with E-state index in [0.29, 0.717) is 5.75 Å². The van der Waals surface area contributed by atoms with Crippen molar-refractivity contribution in [1.29, 1.82) is 0 Å². The fourth-order valence-electron chi connectivity index (χ4n) is 1.47. The third-order valence-electron chi connectivity index (χ3n) is 2.56. The molecule has 0 aliphatic carbocycles. The van der Waals surface area contributed by atoms with Crippen molar-refractivity contribution in [2.24, 2.45) is 0 Å². The number of hydrogen-bond acceptors (Lipinski definition) is 6. The molecular weight excluding hydrogens is 320 g/mol. The number of aliphatic carboxylic acids is 1. The molecule has 0 fully saturated rings. The van der Waals surface area contributed by atoms with E-state index in [1.807, 2.05) is 0 Å². The van der Waals surface area contributed by atoms with Crippen molar-refractivity contribution in [2.45, 2.75) is 17.4 Å². The largest absolute Gasteiger partial charge is 0.480 e. The highest BCUT2D eigenvalue weighted by atomic mass is 32.2. The normalized spacial score (nSPS) is 12.8. The van der Waals surface area contributed by atoms with Gasteiger partial charge in [-0.05, 0) is 30.6 Å². The number of hydrogen-bond donors (Lipinski definition) is 2. The van der Waals surface area contributed by atoms with E-state index in [1.54, 1.807) is 6.26 Å². The van der Waals surface area contributed by atoms with E-state index in [2.05, 4.69) is 4.72 Å². The SMILES string of the molecule is CSCCC(NS(=O)(=O)c1ccc([N+](=O)[O-])cc1)C(=O)O. The number of thioether (sulfide) groups is 1. The topological polar surface area (TPSA) is 127 Å². The van der Waals surface area contributed by atoms with Gasteiger partial charge in [-0.25, -0.2) is 8.42 Å². The van der Waals surface area contributed by atoms with Gasteiger partial charge in [0.25, 0.3) is 5.69 Å². The monoisotopic (exact) mass is 334 g/mol. The number of carboxylic acids is 1. The molecule has 8 nitrogen and oxygen atoms in total. The molecule has 1 unspecified atom stereocenters. The maximum Gasteiger partial charge on any atom is 0.321 e. The quantitative estimate of drug-likeness (QED) is 0.538. The van der Waals surface area contributed by atoms with Crippen molar-refractivity contribution in [2.75, 3.05) is 12.0 Å². The van der Waals surface area contributed by atoms with Gasteiger partial charge >= 0.3 is 5.97 Å². The summed E-state index contributed by atoms with van der Waals surface area (Å²) in [5.74, 6) is -0.783. The van der Waals surface area contributed by atoms with Gasteiger partial charge in [0.15, 0.2) is 0 Å². The summed E-state index contributed by atoms with van der Waals surface area (Å²) in [5.41, 5.74) is -0.244. The predicted octanol–water partition coefficient (Wildman–Crippen LogP) is 1.08. The zero-order valence-electron chi connectivity index (χ0n) is 11.1. The fraction of sp³-hybridized carbons (Fsp3) is 0.364. The lowest BCUT2D eigenvalue weighted by Crippen LogP contribution is -2.41. The van der Waals surface area contributed by atoms with Crippen molar-refractivity contribution < 1.29 is 23.2 Å². The Morgan fingerprint density at radius 3 is 2.43 bits per heavy atom. The summed E-state index contributed by atoms with van der Waals surface area (Å²) in [4.78, 5) is 20.7. The van der Waals surface area contributed by atoms with Crippen LogP contribution in [0.25, 0.3) is 0 Å². The maximum atomic E-state index is 12.0. The van der Waals surface area contributed by atoms with Gasteiger partial charge in [0, 0.05) is 12.1 Å². The summed E-state index contributed by atoms with van der Waals surface area (Å²) in [6.07, 6.45) is 1.92. The molecule has 1 rings (SSSR count). The number of benzene rings is 1. The van der Waals surface area contributed by atoms with E-state index >= 15 is 0 Å². The number of nitrogens with one attached hydrogen (secondary N) is 1. The molecule has 0 saturated carbocycles. The number of carboxylic acid groups (broad SMARTS) is 1. The minimum absolute atomic E-state index is 0.142. The first kappa shape index (κ1) is 17.4. The van der Waals surface area contributed by atoms with Gasteiger partial charge in [0.1, 0.15) is 6.04 Å². The summed E-state index contributed by atoms with van der Waals surface area (Å²) in [6.45, 7) is 0. The Morgan fingerprint density at radius 1 is 1.43 bits per heavy atom. The Balaban J connectivity index is 2.93. The van der Waals surface area contributed by atoms with Gasteiger partial charge in [-0.1, -0.05) is 0 Å². The third kappa shape index (κ3) is 4.99. The van der Waals surface area contributed by atoms with Crippen molar-refractivity contribution >= 4 is 33.4 Å². The molecule has 2 N–H and O–H groups in total. The summed E-state index contributed by atoms with van der Waals surface area (Å²) < 4.78 is 26.2. The van der Waals surface area contributed by atoms with E-state index in [1.165, 1.54) is 11.8 Å². The molecule has 1 aromatic carbocycles. The number of sulfonamides is 1. The van der Waals surface area contributed by atoms with Gasteiger partial charge in [-0.3, -0.25) is 14.9 Å². The molecule has 0 bridgehead atoms. The minimum atomic E-state index is -4.04. The Bertz CT molecular complexity index is 614. The molecule has 21 heavy (non-hydrogen) atoms. The molecular formula is C11H14N2O6S2. The highest BCUT2D eigenvalue weighted by Crippen LogP contribution is 2.16. The molecule has 0 amide bonds. The third-order valence-corrected chi connectivity index (χ3v) is 4.70. The highest BCUT2D eigenvalue weighted by Gasteiger charge is 2.25. The number of non-ortho nitro benzene ring substituents is 1. The number of carbonyl (C=O) groups is 1. The summed E-state index contributed by atoms with van der Waals surface area (Å²) in [5, 5.41) is 19.5. The molecule has 0 aliphatic heterocycles. The molecule has 0 radical (unpaired) electrons. The molecule has 0 heterocycles. The van der Waals surface area contributed by atoms with E-state index < -0.39 is 27.0 Å². The Labute approximate surface area is 125 Å². The average Bonchev–Trinajstić information content (AvgIpc) is 2.43. The first-order chi connectivity index (χ1) is 9.77. The second kappa shape index (κ2) is 7.38. The molecule has 0 aliphatic rings. The second-order valence-corrected chi connectivity index (χ2v) is 6.74. The summed E-state index contributed by atoms with van der Waals surface area (Å²) in [6, 6.07) is 2.98. The number of nitro benzene ring substituents is 1. The van der Waals surface area contributed by atoms with E-state index in [0.717, 1.165) is 24.3 Å². The fourth-order valence-corrected chi connectivity index (χ4v) is 3.17. The Kier molecular flexibility index (Phi) is 6.12. The van der Waals surface area contributed by atoms with Crippen LogP contribution in [0.5, 0.6) is 0 Å². The van der Waals surface area contributed by atoms with Crippen LogP contribution in [0, 0.1) is 10.1 Å². The van der Waals surface area contributed by atoms with Gasteiger partial charge in [0.2, 0.25) is 10.0 Å². The smallest absolute Gasteiger partial charge is 0.321 e. The first-order valence-corrected chi connectivity index (χ1v) is 8.64. The molecule has 0 aromatic heterocycles. The van der Waals surface area contributed by atoms with Crippen LogP contribution in [-0.4, -0.2) is 42.5 Å². The molecule has 1 aromatic rings. The number of rotatable bonds is 8. The number of nitro groups is 1. The standard InChI is InChI=1S/C11H14N2O6S2/c1-20-7-6-10(11(14)15)12-21(18,19)9-4-2-8(3-5-9)13(16)17/h2-5,10,12H,6-7H2,1H3,(H,14,15). The minimum Gasteiger partial charge on any atom is -0.480 e. The first-order valence-electron chi connectivity index (χ1n) is 5.76. The van der Waals surface area contributed by atoms with Crippen LogP contribution in [-0.2, 0) is 14.8 Å². The molecule has 10 heteroatoms. The van der Waals surface area contributed by atoms with Crippen LogP contribution in [0.15, 0.2) is 29.2 Å². The molecule has 116 valence electrons. The van der Waals surface area contributed by atoms with Crippen LogP contribution in [0.2, 0.25) is 0 Å². The molecule has 1 atom stereocenters. The van der Waals surface area contributed by atoms with Gasteiger partial charge in [0.05, 0.1) is 9.82 Å². The summed E-state index contributed by atoms with van der Waals surface area (Å²) >= 11 is 1.40. The maximum absolute atomic E-state index is 12.0. The second-order valence-electron chi connectivity index (χ2n) is 4.04. The Morgan fingerprint density at radius 2 is 2.00 bits per heavy atom. The highest BCUT2D eigenvalue weighted by molar-refractivity contribution is 7.98. The lowest BCUT2D eigenvalue weighted by Gasteiger charge is -2.14. The van der Waals surface area contributed by atoms with Crippen molar-refractivity contribution in [3.05, 3.63) is 34.4 Å². The van der Waals surface area contributed by atoms with Gasteiger partial charge < -0.3 is 5.11 Å². The van der Waals surface area contributed by atoms with Crippen LogP contribution in [0.1, 0.15) is 6.42 Å². The zero-order chi connectivity index (χ0) is 16.0. The summed E-state index contributed by atoms with van der Waals surface area (Å²) in [7, 11) is -4.04. The molecule has 0 spiro atoms. The predicted molar refractivity (Wildman–Crippen MR) is 77.8 cm³/mol. The lowest BCUT2D eigenvalue weighted by molar-refractivity contribution is -0.384. The van der Waals surface area contributed by atoms with E-state index in [-0.39, 0.29) is 17.0 Å². The van der Waals surface area contributed by atoms with Gasteiger partial charge in [-0.2, -0.15) is 16.5 Å². The molecule has 0 saturated heterocycles. The van der Waals surface area contributed by atoms with E-state index in [4.69, 9.17) is 5.11 Å². The zero-order valence-corrected chi connectivity index (χ0v) is 12.7. The van der Waals surface area contributed by atoms with Crippen molar-refractivity contribution in [3.8, 4) is 0 Å². The Hall–Kier alpha value is -1.65. The lowest BCUT2D eigenvalue weighted by atomic mass is 10.2.